The van der Waals surface area contributed by atoms with E-state index >= 15 is 0 Å². The Bertz CT molecular complexity index is 441. The van der Waals surface area contributed by atoms with Crippen LogP contribution in [0, 0.1) is 5.82 Å². The molecule has 0 saturated heterocycles. The normalized spacial score (nSPS) is 10.7. The standard InChI is InChI=1S/C8H7BFNO2/c10-8-5-3-4-11-7(5)2-1-6(8)9(12)13/h1-4,11-13H. The summed E-state index contributed by atoms with van der Waals surface area (Å²) in [6, 6.07) is 4.50. The third-order valence-corrected chi connectivity index (χ3v) is 1.98. The highest BCUT2D eigenvalue weighted by molar-refractivity contribution is 6.59. The maximum absolute atomic E-state index is 13.4. The molecule has 0 radical (unpaired) electrons. The van der Waals surface area contributed by atoms with Crippen molar-refractivity contribution in [1.29, 1.82) is 0 Å². The molecule has 0 aliphatic rings. The van der Waals surface area contributed by atoms with Gasteiger partial charge in [-0.15, -0.1) is 0 Å². The van der Waals surface area contributed by atoms with E-state index in [0.29, 0.717) is 10.9 Å². The van der Waals surface area contributed by atoms with E-state index < -0.39 is 12.9 Å². The largest absolute Gasteiger partial charge is 0.491 e. The minimum Gasteiger partial charge on any atom is -0.423 e. The maximum Gasteiger partial charge on any atom is 0.491 e. The van der Waals surface area contributed by atoms with Crippen LogP contribution in [0.15, 0.2) is 24.4 Å². The van der Waals surface area contributed by atoms with Crippen LogP contribution in [0.1, 0.15) is 0 Å². The molecule has 66 valence electrons. The summed E-state index contributed by atoms with van der Waals surface area (Å²) in [7, 11) is -1.76. The van der Waals surface area contributed by atoms with Crippen LogP contribution in [-0.4, -0.2) is 22.2 Å². The lowest BCUT2D eigenvalue weighted by Gasteiger charge is -2.01. The molecule has 0 spiro atoms. The van der Waals surface area contributed by atoms with Crippen LogP contribution in [0.2, 0.25) is 0 Å². The first-order valence-electron chi connectivity index (χ1n) is 3.82. The Kier molecular flexibility index (Phi) is 1.83. The average Bonchev–Trinajstić information content (AvgIpc) is 2.52. The van der Waals surface area contributed by atoms with E-state index in [0.717, 1.165) is 0 Å². The predicted octanol–water partition coefficient (Wildman–Crippen LogP) is -0.0132. The number of benzene rings is 1. The Morgan fingerprint density at radius 3 is 2.69 bits per heavy atom. The minimum absolute atomic E-state index is 0.105. The molecule has 1 aromatic heterocycles. The van der Waals surface area contributed by atoms with Crippen molar-refractivity contribution in [3.05, 3.63) is 30.2 Å². The highest BCUT2D eigenvalue weighted by atomic mass is 19.1. The molecular weight excluding hydrogens is 172 g/mol. The Morgan fingerprint density at radius 1 is 1.23 bits per heavy atom. The summed E-state index contributed by atoms with van der Waals surface area (Å²) < 4.78 is 13.4. The van der Waals surface area contributed by atoms with Crippen molar-refractivity contribution in [3.8, 4) is 0 Å². The molecule has 0 atom stereocenters. The van der Waals surface area contributed by atoms with E-state index in [1.165, 1.54) is 6.07 Å². The molecule has 3 N–H and O–H groups in total. The Labute approximate surface area is 74.0 Å². The van der Waals surface area contributed by atoms with Crippen molar-refractivity contribution >= 4 is 23.5 Å². The van der Waals surface area contributed by atoms with Gasteiger partial charge in [0.2, 0.25) is 0 Å². The molecule has 0 saturated carbocycles. The van der Waals surface area contributed by atoms with E-state index in [1.807, 2.05) is 0 Å². The van der Waals surface area contributed by atoms with Crippen LogP contribution >= 0.6 is 0 Å². The second kappa shape index (κ2) is 2.87. The summed E-state index contributed by atoms with van der Waals surface area (Å²) >= 11 is 0. The lowest BCUT2D eigenvalue weighted by Crippen LogP contribution is -2.32. The van der Waals surface area contributed by atoms with Crippen LogP contribution < -0.4 is 5.46 Å². The number of aromatic nitrogens is 1. The molecule has 0 amide bonds. The second-order valence-corrected chi connectivity index (χ2v) is 2.78. The van der Waals surface area contributed by atoms with Gasteiger partial charge in [-0.1, -0.05) is 6.07 Å². The fourth-order valence-corrected chi connectivity index (χ4v) is 1.31. The van der Waals surface area contributed by atoms with E-state index in [1.54, 1.807) is 18.3 Å². The predicted molar refractivity (Wildman–Crippen MR) is 48.1 cm³/mol. The quantitative estimate of drug-likeness (QED) is 0.539. The van der Waals surface area contributed by atoms with Crippen molar-refractivity contribution in [3.63, 3.8) is 0 Å². The zero-order valence-electron chi connectivity index (χ0n) is 6.66. The smallest absolute Gasteiger partial charge is 0.423 e. The van der Waals surface area contributed by atoms with Gasteiger partial charge in [0.05, 0.1) is 0 Å². The van der Waals surface area contributed by atoms with Gasteiger partial charge < -0.3 is 15.0 Å². The molecule has 0 unspecified atom stereocenters. The van der Waals surface area contributed by atoms with E-state index in [2.05, 4.69) is 4.98 Å². The number of halogens is 1. The average molecular weight is 179 g/mol. The van der Waals surface area contributed by atoms with Crippen molar-refractivity contribution in [1.82, 2.24) is 4.98 Å². The molecule has 2 rings (SSSR count). The zero-order valence-corrected chi connectivity index (χ0v) is 6.66. The van der Waals surface area contributed by atoms with Gasteiger partial charge in [0.15, 0.2) is 0 Å². The van der Waals surface area contributed by atoms with Gasteiger partial charge in [0.25, 0.3) is 0 Å². The number of hydrogen-bond donors (Lipinski definition) is 3. The van der Waals surface area contributed by atoms with Crippen molar-refractivity contribution in [2.24, 2.45) is 0 Å². The SMILES string of the molecule is OB(O)c1ccc2[nH]ccc2c1F. The van der Waals surface area contributed by atoms with Gasteiger partial charge >= 0.3 is 7.12 Å². The first kappa shape index (κ1) is 8.28. The highest BCUT2D eigenvalue weighted by Gasteiger charge is 2.18. The summed E-state index contributed by atoms with van der Waals surface area (Å²) in [5.74, 6) is -0.589. The third kappa shape index (κ3) is 1.22. The van der Waals surface area contributed by atoms with Gasteiger partial charge in [-0.2, -0.15) is 0 Å². The van der Waals surface area contributed by atoms with Crippen LogP contribution in [-0.2, 0) is 0 Å². The summed E-state index contributed by atoms with van der Waals surface area (Å²) in [6.07, 6.45) is 1.60. The lowest BCUT2D eigenvalue weighted by atomic mass is 9.79. The maximum atomic E-state index is 13.4. The molecule has 5 heteroatoms. The molecule has 0 fully saturated rings. The van der Waals surface area contributed by atoms with Gasteiger partial charge in [0, 0.05) is 22.6 Å². The molecule has 1 heterocycles. The summed E-state index contributed by atoms with van der Waals surface area (Å²) in [5, 5.41) is 18.0. The first-order chi connectivity index (χ1) is 6.20. The summed E-state index contributed by atoms with van der Waals surface area (Å²) in [4.78, 5) is 2.82. The van der Waals surface area contributed by atoms with E-state index in [4.69, 9.17) is 10.0 Å². The fourth-order valence-electron chi connectivity index (χ4n) is 1.31. The molecule has 0 aliphatic heterocycles. The van der Waals surface area contributed by atoms with E-state index in [-0.39, 0.29) is 5.46 Å². The van der Waals surface area contributed by atoms with Crippen molar-refractivity contribution < 1.29 is 14.4 Å². The molecule has 0 bridgehead atoms. The van der Waals surface area contributed by atoms with Crippen LogP contribution in [0.4, 0.5) is 4.39 Å². The molecule has 1 aromatic carbocycles. The Hall–Kier alpha value is -1.33. The van der Waals surface area contributed by atoms with Gasteiger partial charge in [-0.05, 0) is 12.1 Å². The van der Waals surface area contributed by atoms with Gasteiger partial charge in [0.1, 0.15) is 5.82 Å². The highest BCUT2D eigenvalue weighted by Crippen LogP contribution is 2.14. The molecule has 0 aliphatic carbocycles. The van der Waals surface area contributed by atoms with Crippen LogP contribution in [0.3, 0.4) is 0 Å². The topological polar surface area (TPSA) is 56.2 Å². The van der Waals surface area contributed by atoms with Crippen molar-refractivity contribution in [2.45, 2.75) is 0 Å². The van der Waals surface area contributed by atoms with E-state index in [9.17, 15) is 4.39 Å². The monoisotopic (exact) mass is 179 g/mol. The van der Waals surface area contributed by atoms with Gasteiger partial charge in [-0.25, -0.2) is 4.39 Å². The molecule has 3 nitrogen and oxygen atoms in total. The third-order valence-electron chi connectivity index (χ3n) is 1.98. The summed E-state index contributed by atoms with van der Waals surface area (Å²) in [6.45, 7) is 0. The summed E-state index contributed by atoms with van der Waals surface area (Å²) in [5.41, 5.74) is 0.536. The zero-order chi connectivity index (χ0) is 9.42. The minimum atomic E-state index is -1.76. The van der Waals surface area contributed by atoms with Crippen LogP contribution in [0.5, 0.6) is 0 Å². The number of nitrogens with one attached hydrogen (secondary N) is 1. The lowest BCUT2D eigenvalue weighted by molar-refractivity contribution is 0.423. The number of rotatable bonds is 1. The molecular formula is C8H7BFNO2. The van der Waals surface area contributed by atoms with Crippen LogP contribution in [0.25, 0.3) is 10.9 Å². The molecule has 2 aromatic rings. The second-order valence-electron chi connectivity index (χ2n) is 2.78. The Morgan fingerprint density at radius 2 is 2.00 bits per heavy atom. The first-order valence-corrected chi connectivity index (χ1v) is 3.82. The van der Waals surface area contributed by atoms with Gasteiger partial charge in [-0.3, -0.25) is 0 Å². The fraction of sp³-hybridized carbons (Fsp3) is 0. The number of aromatic amines is 1. The number of hydrogen-bond acceptors (Lipinski definition) is 2. The van der Waals surface area contributed by atoms with Crippen molar-refractivity contribution in [2.75, 3.05) is 0 Å². The number of fused-ring (bicyclic) bond motifs is 1. The Balaban J connectivity index is 2.73. The molecule has 13 heavy (non-hydrogen) atoms. The number of H-pyrrole nitrogens is 1.